The summed E-state index contributed by atoms with van der Waals surface area (Å²) in [6, 6.07) is 38.9. The third-order valence-electron chi connectivity index (χ3n) is 9.12. The number of rotatable bonds is 3. The van der Waals surface area contributed by atoms with E-state index in [1.165, 1.54) is 12.1 Å². The van der Waals surface area contributed by atoms with Crippen molar-refractivity contribution in [1.82, 2.24) is 9.13 Å². The molecule has 0 aliphatic carbocycles. The second-order valence-corrected chi connectivity index (χ2v) is 12.1. The number of nitrogens with zero attached hydrogens (tertiary/aromatic N) is 4. The largest absolute Gasteiger partial charge is 0.417 e. The van der Waals surface area contributed by atoms with Crippen molar-refractivity contribution in [2.24, 2.45) is 0 Å². The van der Waals surface area contributed by atoms with Gasteiger partial charge in [0.1, 0.15) is 6.07 Å². The third kappa shape index (κ3) is 4.36. The first-order valence-electron chi connectivity index (χ1n) is 15.4. The van der Waals surface area contributed by atoms with E-state index in [4.69, 9.17) is 0 Å². The molecule has 48 heavy (non-hydrogen) atoms. The molecular weight excluding hydrogens is 605 g/mol. The average Bonchev–Trinajstić information content (AvgIpc) is 3.59. The van der Waals surface area contributed by atoms with Crippen LogP contribution >= 0.6 is 0 Å². The predicted molar refractivity (Wildman–Crippen MR) is 184 cm³/mol. The van der Waals surface area contributed by atoms with Crippen LogP contribution in [0.3, 0.4) is 0 Å². The van der Waals surface area contributed by atoms with Crippen LogP contribution in [0.1, 0.15) is 27.8 Å². The average molecular weight is 631 g/mol. The zero-order chi connectivity index (χ0) is 33.3. The molecule has 2 heterocycles. The molecule has 8 rings (SSSR count). The lowest BCUT2D eigenvalue weighted by Gasteiger charge is -2.21. The van der Waals surface area contributed by atoms with Crippen LogP contribution in [0.15, 0.2) is 115 Å². The number of halogens is 3. The number of hydrogen-bond acceptors (Lipinski definition) is 2. The highest BCUT2D eigenvalue weighted by molar-refractivity contribution is 6.11. The maximum Gasteiger partial charge on any atom is 0.417 e. The van der Waals surface area contributed by atoms with Gasteiger partial charge in [0.15, 0.2) is 0 Å². The minimum Gasteiger partial charge on any atom is -0.309 e. The molecule has 0 fully saturated rings. The first-order valence-corrected chi connectivity index (χ1v) is 15.4. The molecule has 230 valence electrons. The SMILES string of the molecule is Cc1ccc2c(c1)c1ccccc1n2-c1cc(-c2ccc(C#N)cc2C(F)(F)F)c(-n2c3ccccc3c3cc(C)ccc32)cc1C#N. The van der Waals surface area contributed by atoms with Crippen LogP contribution in [-0.4, -0.2) is 9.13 Å². The molecule has 0 amide bonds. The predicted octanol–water partition coefficient (Wildman–Crippen LogP) is 10.9. The van der Waals surface area contributed by atoms with Crippen molar-refractivity contribution < 1.29 is 13.2 Å². The first-order chi connectivity index (χ1) is 23.2. The molecule has 0 aliphatic rings. The number of para-hydroxylation sites is 2. The van der Waals surface area contributed by atoms with Crippen molar-refractivity contribution in [2.45, 2.75) is 20.0 Å². The number of alkyl halides is 3. The normalized spacial score (nSPS) is 11.8. The molecule has 0 N–H and O–H groups in total. The Morgan fingerprint density at radius 2 is 1.06 bits per heavy atom. The van der Waals surface area contributed by atoms with Gasteiger partial charge in [-0.3, -0.25) is 0 Å². The molecule has 0 aliphatic heterocycles. The van der Waals surface area contributed by atoms with Crippen LogP contribution in [0.5, 0.6) is 0 Å². The molecule has 0 bridgehead atoms. The summed E-state index contributed by atoms with van der Waals surface area (Å²) in [5.41, 5.74) is 5.74. The Morgan fingerprint density at radius 3 is 1.60 bits per heavy atom. The standard InChI is InChI=1S/C41H25F3N4/c1-24-11-15-37-31(17-24)29-7-3-5-9-35(29)47(37)39-21-33(28-14-13-26(22-45)19-34(28)41(42,43)44)40(20-27(39)23-46)48-36-10-6-4-8-30(36)32-18-25(2)12-16-38(32)48/h3-21H,1-2H3. The van der Waals surface area contributed by atoms with E-state index in [1.807, 2.05) is 102 Å². The fourth-order valence-electron chi connectivity index (χ4n) is 7.03. The first kappa shape index (κ1) is 29.1. The summed E-state index contributed by atoms with van der Waals surface area (Å²) in [7, 11) is 0. The van der Waals surface area contributed by atoms with Crippen LogP contribution in [-0.2, 0) is 6.18 Å². The lowest BCUT2D eigenvalue weighted by Crippen LogP contribution is -2.10. The van der Waals surface area contributed by atoms with Crippen molar-refractivity contribution in [3.63, 3.8) is 0 Å². The maximum absolute atomic E-state index is 14.9. The van der Waals surface area contributed by atoms with Crippen molar-refractivity contribution in [2.75, 3.05) is 0 Å². The number of aromatic nitrogens is 2. The Bertz CT molecular complexity index is 2710. The van der Waals surface area contributed by atoms with Crippen molar-refractivity contribution in [3.8, 4) is 34.6 Å². The minimum absolute atomic E-state index is 0.0862. The number of hydrogen-bond donors (Lipinski definition) is 0. The van der Waals surface area contributed by atoms with E-state index in [-0.39, 0.29) is 16.7 Å². The highest BCUT2D eigenvalue weighted by atomic mass is 19.4. The molecule has 2 aromatic heterocycles. The van der Waals surface area contributed by atoms with Crippen molar-refractivity contribution in [1.29, 1.82) is 10.5 Å². The van der Waals surface area contributed by atoms with E-state index in [9.17, 15) is 23.7 Å². The lowest BCUT2D eigenvalue weighted by molar-refractivity contribution is -0.137. The molecule has 0 spiro atoms. The van der Waals surface area contributed by atoms with Gasteiger partial charge in [-0.25, -0.2) is 0 Å². The van der Waals surface area contributed by atoms with Crippen molar-refractivity contribution in [3.05, 3.63) is 143 Å². The second kappa shape index (κ2) is 10.6. The van der Waals surface area contributed by atoms with E-state index >= 15 is 0 Å². The van der Waals surface area contributed by atoms with Crippen LogP contribution in [0.4, 0.5) is 13.2 Å². The van der Waals surface area contributed by atoms with Crippen LogP contribution in [0.25, 0.3) is 66.1 Å². The highest BCUT2D eigenvalue weighted by Gasteiger charge is 2.35. The summed E-state index contributed by atoms with van der Waals surface area (Å²) >= 11 is 0. The summed E-state index contributed by atoms with van der Waals surface area (Å²) < 4.78 is 48.5. The Balaban J connectivity index is 1.57. The molecular formula is C41H25F3N4. The fraction of sp³-hybridized carbons (Fsp3) is 0.0732. The topological polar surface area (TPSA) is 57.4 Å². The Kier molecular flexibility index (Phi) is 6.44. The second-order valence-electron chi connectivity index (χ2n) is 12.1. The molecule has 0 atom stereocenters. The van der Waals surface area contributed by atoms with Crippen LogP contribution < -0.4 is 0 Å². The highest BCUT2D eigenvalue weighted by Crippen LogP contribution is 2.44. The Labute approximate surface area is 273 Å². The van der Waals surface area contributed by atoms with E-state index in [2.05, 4.69) is 18.2 Å². The van der Waals surface area contributed by atoms with Gasteiger partial charge in [-0.15, -0.1) is 0 Å². The number of aryl methyl sites for hydroxylation is 2. The van der Waals surface area contributed by atoms with Gasteiger partial charge in [-0.1, -0.05) is 65.7 Å². The Hall–Kier alpha value is -6.31. The number of nitriles is 2. The van der Waals surface area contributed by atoms with Gasteiger partial charge in [-0.05, 0) is 80.1 Å². The molecule has 4 nitrogen and oxygen atoms in total. The molecule has 6 aromatic carbocycles. The van der Waals surface area contributed by atoms with E-state index < -0.39 is 11.7 Å². The van der Waals surface area contributed by atoms with E-state index in [0.717, 1.165) is 60.8 Å². The van der Waals surface area contributed by atoms with E-state index in [1.54, 1.807) is 12.1 Å². The van der Waals surface area contributed by atoms with Gasteiger partial charge < -0.3 is 9.13 Å². The smallest absolute Gasteiger partial charge is 0.309 e. The van der Waals surface area contributed by atoms with Crippen LogP contribution in [0, 0.1) is 36.5 Å². The summed E-state index contributed by atoms with van der Waals surface area (Å²) in [5.74, 6) is 0. The van der Waals surface area contributed by atoms with Gasteiger partial charge >= 0.3 is 6.18 Å². The summed E-state index contributed by atoms with van der Waals surface area (Å²) in [4.78, 5) is 0. The molecule has 8 aromatic rings. The van der Waals surface area contributed by atoms with Gasteiger partial charge in [0.25, 0.3) is 0 Å². The zero-order valence-corrected chi connectivity index (χ0v) is 25.9. The Morgan fingerprint density at radius 1 is 0.521 bits per heavy atom. The number of fused-ring (bicyclic) bond motifs is 6. The van der Waals surface area contributed by atoms with Crippen molar-refractivity contribution >= 4 is 43.6 Å². The van der Waals surface area contributed by atoms with Crippen LogP contribution in [0.2, 0.25) is 0 Å². The molecule has 0 unspecified atom stereocenters. The fourth-order valence-corrected chi connectivity index (χ4v) is 7.03. The summed E-state index contributed by atoms with van der Waals surface area (Å²) in [6.07, 6.45) is -4.75. The maximum atomic E-state index is 14.9. The molecule has 0 saturated heterocycles. The zero-order valence-electron chi connectivity index (χ0n) is 25.9. The molecule has 0 saturated carbocycles. The van der Waals surface area contributed by atoms with E-state index in [0.29, 0.717) is 16.9 Å². The molecule has 7 heteroatoms. The van der Waals surface area contributed by atoms with Gasteiger partial charge in [0, 0.05) is 27.1 Å². The van der Waals surface area contributed by atoms with Gasteiger partial charge in [-0.2, -0.15) is 23.7 Å². The van der Waals surface area contributed by atoms with Gasteiger partial charge in [0.2, 0.25) is 0 Å². The summed E-state index contributed by atoms with van der Waals surface area (Å²) in [6.45, 7) is 4.01. The lowest BCUT2D eigenvalue weighted by atomic mass is 9.93. The minimum atomic E-state index is -4.75. The quantitative estimate of drug-likeness (QED) is 0.195. The van der Waals surface area contributed by atoms with Gasteiger partial charge in [0.05, 0.1) is 56.2 Å². The molecule has 0 radical (unpaired) electrons. The third-order valence-corrected chi connectivity index (χ3v) is 9.12. The monoisotopic (exact) mass is 630 g/mol. The number of benzene rings is 6. The summed E-state index contributed by atoms with van der Waals surface area (Å²) in [5, 5.41) is 24.1.